The maximum Gasteiger partial charge on any atom is 0.309 e. The molecule has 33 heteroatoms. The topological polar surface area (TPSA) is 456 Å². The van der Waals surface area contributed by atoms with E-state index in [9.17, 15) is 79.0 Å². The number of nitro groups is 2. The van der Waals surface area contributed by atoms with E-state index in [1.54, 1.807) is 48.5 Å². The number of Topliss-reactive ketones (excluding diaryl/α,β-unsaturated/α-hetero) is 1. The number of nitro benzene ring substituents is 2. The molecule has 1 aromatic carbocycles. The van der Waals surface area contributed by atoms with E-state index >= 15 is 0 Å². The van der Waals surface area contributed by atoms with E-state index < -0.39 is 193 Å². The Bertz CT molecular complexity index is 2620. The highest BCUT2D eigenvalue weighted by Crippen LogP contribution is 2.31. The third kappa shape index (κ3) is 22.1. The predicted octanol–water partition coefficient (Wildman–Crippen LogP) is 0.223. The monoisotopic (exact) mass is 1230 g/mol. The first-order valence-corrected chi connectivity index (χ1v) is 28.3. The van der Waals surface area contributed by atoms with Gasteiger partial charge in [-0.2, -0.15) is 0 Å². The van der Waals surface area contributed by atoms with Crippen LogP contribution in [0.2, 0.25) is 0 Å². The van der Waals surface area contributed by atoms with Crippen molar-refractivity contribution in [2.45, 2.75) is 205 Å². The van der Waals surface area contributed by atoms with Crippen molar-refractivity contribution in [3.05, 3.63) is 50.3 Å². The number of aliphatic hydroxyl groups excluding tert-OH is 4. The molecule has 0 aliphatic carbocycles. The Morgan fingerprint density at radius 1 is 0.779 bits per heavy atom. The molecule has 0 bridgehead atoms. The molecular formula is C53H79N9O24. The van der Waals surface area contributed by atoms with Gasteiger partial charge in [0.25, 0.3) is 11.4 Å². The van der Waals surface area contributed by atoms with Crippen LogP contribution < -0.4 is 21.3 Å². The van der Waals surface area contributed by atoms with E-state index in [1.807, 2.05) is 0 Å². The van der Waals surface area contributed by atoms with Crippen LogP contribution in [0, 0.1) is 26.1 Å². The van der Waals surface area contributed by atoms with Gasteiger partial charge >= 0.3 is 23.9 Å². The minimum atomic E-state index is -1.96. The molecule has 13 atom stereocenters. The molecule has 8 N–H and O–H groups in total. The van der Waals surface area contributed by atoms with E-state index in [0.717, 1.165) is 18.2 Å². The Labute approximate surface area is 494 Å². The number of aromatic nitrogens is 3. The Morgan fingerprint density at radius 3 is 2.01 bits per heavy atom. The van der Waals surface area contributed by atoms with Crippen molar-refractivity contribution in [3.8, 4) is 0 Å². The van der Waals surface area contributed by atoms with Gasteiger partial charge in [0.2, 0.25) is 23.5 Å². The van der Waals surface area contributed by atoms with Crippen LogP contribution in [0.25, 0.3) is 0 Å². The molecule has 2 saturated heterocycles. The number of amides is 3. The van der Waals surface area contributed by atoms with Gasteiger partial charge in [-0.05, 0) is 31.2 Å². The maximum atomic E-state index is 13.9. The van der Waals surface area contributed by atoms with E-state index in [0.29, 0.717) is 0 Å². The summed E-state index contributed by atoms with van der Waals surface area (Å²) in [5.74, 6) is -6.86. The standard InChI is InChI=1S/C53H79N9O24/c1-8-31(64)20-44(71)85-50-47(57-41(68)23-36(28(6)7)82-43(70)12-5)53(83-37(26-63)48(50)73)80-27-38-49(74)51(86-45(72)21-32(65)9-2)46(56-40(67)22-33(10-3)81-42(69)11-4)52(84-38)79-18-17-60-25-29(58-59-60)24-55-39(66)15-16-54-34-14-13-30(61(75)76)19-35(34)62(77)78/h13-14,19,25,28,31-33,36-38,46-47,49-54,63-65,74H,8-12,15-18,20-24,26-27H2,1-7H3,(H,55,66)(H,56,67)(H,57,68)/t31-,32-,33-,36+,37?,38?,46?,47?,49-,50?,51?,52-,53-/m1/s1. The number of rotatable bonds is 36. The summed E-state index contributed by atoms with van der Waals surface area (Å²) in [6.07, 6.45) is -17.2. The molecule has 2 aromatic rings. The lowest BCUT2D eigenvalue weighted by Crippen LogP contribution is -2.67. The second-order valence-electron chi connectivity index (χ2n) is 20.4. The van der Waals surface area contributed by atoms with Crippen molar-refractivity contribution in [2.75, 3.05) is 31.7 Å². The number of nitrogens with zero attached hydrogens (tertiary/aromatic N) is 5. The molecule has 1 aromatic heterocycles. The molecule has 4 rings (SSSR count). The molecule has 6 unspecified atom stereocenters. The van der Waals surface area contributed by atoms with Crippen LogP contribution in [-0.2, 0) is 89.3 Å². The van der Waals surface area contributed by atoms with Gasteiger partial charge in [0.1, 0.15) is 54.0 Å². The second kappa shape index (κ2) is 35.3. The number of hydrogen-bond acceptors (Lipinski definition) is 27. The number of ether oxygens (including phenoxy) is 8. The molecule has 480 valence electrons. The first-order valence-electron chi connectivity index (χ1n) is 28.3. The number of aliphatic hydroxyl groups is 4. The first-order chi connectivity index (χ1) is 40.8. The van der Waals surface area contributed by atoms with E-state index in [2.05, 4.69) is 31.6 Å². The van der Waals surface area contributed by atoms with Gasteiger partial charge in [0.05, 0.1) is 92.9 Å². The summed E-state index contributed by atoms with van der Waals surface area (Å²) >= 11 is 0. The molecule has 2 aliphatic heterocycles. The fourth-order valence-corrected chi connectivity index (χ4v) is 8.51. The summed E-state index contributed by atoms with van der Waals surface area (Å²) in [4.78, 5) is 127. The maximum absolute atomic E-state index is 13.9. The molecular weight excluding hydrogens is 1150 g/mol. The molecule has 0 spiro atoms. The minimum Gasteiger partial charge on any atom is -0.462 e. The number of esters is 4. The van der Waals surface area contributed by atoms with Crippen LogP contribution in [-0.4, -0.2) is 199 Å². The summed E-state index contributed by atoms with van der Waals surface area (Å²) in [6.45, 7) is 8.89. The number of carbonyl (C=O) groups is 8. The van der Waals surface area contributed by atoms with Gasteiger partial charge < -0.3 is 79.6 Å². The number of anilines is 1. The third-order valence-electron chi connectivity index (χ3n) is 13.6. The van der Waals surface area contributed by atoms with Crippen LogP contribution >= 0.6 is 0 Å². The number of hydrogen-bond donors (Lipinski definition) is 8. The normalized spacial score (nSPS) is 22.5. The Kier molecular flexibility index (Phi) is 29.2. The smallest absolute Gasteiger partial charge is 0.309 e. The van der Waals surface area contributed by atoms with Crippen molar-refractivity contribution >= 4 is 64.4 Å². The SMILES string of the molecule is CCC(=O)O[C@H](CC)CC(=O)NC1C(OC(=O)C[C@H](O)CC)[C@H](O)C(CO[C@@H]2OC(CO)C(=O)C(OC(=O)C[C@H](O)CC)C2NC(=O)C[C@H](OC(=O)CC)C(C)C)O[C@H]1OCCn1cc(CNC(=O)CCNc2ccc([N+](=O)[O-])cc2[N+](=O)[O-])nn1. The fraction of sp³-hybridized carbons (Fsp3) is 0.698. The molecule has 86 heavy (non-hydrogen) atoms. The predicted molar refractivity (Wildman–Crippen MR) is 292 cm³/mol. The quantitative estimate of drug-likeness (QED) is 0.0196. The molecule has 2 aliphatic rings. The largest absolute Gasteiger partial charge is 0.462 e. The lowest BCUT2D eigenvalue weighted by Gasteiger charge is -2.45. The van der Waals surface area contributed by atoms with E-state index in [-0.39, 0.29) is 76.1 Å². The van der Waals surface area contributed by atoms with Crippen LogP contribution in [0.5, 0.6) is 0 Å². The Balaban J connectivity index is 1.63. The summed E-state index contributed by atoms with van der Waals surface area (Å²) in [5, 5.41) is 84.4. The molecule has 0 radical (unpaired) electrons. The number of nitrogens with one attached hydrogen (secondary N) is 4. The zero-order chi connectivity index (χ0) is 63.8. The first kappa shape index (κ1) is 71.1. The highest BCUT2D eigenvalue weighted by atomic mass is 16.7. The van der Waals surface area contributed by atoms with Gasteiger partial charge in [-0.1, -0.05) is 53.7 Å². The molecule has 2 fully saturated rings. The van der Waals surface area contributed by atoms with Gasteiger partial charge in [-0.3, -0.25) is 58.6 Å². The van der Waals surface area contributed by atoms with Crippen molar-refractivity contribution in [1.29, 1.82) is 0 Å². The summed E-state index contributed by atoms with van der Waals surface area (Å²) < 4.78 is 48.0. The zero-order valence-corrected chi connectivity index (χ0v) is 48.9. The van der Waals surface area contributed by atoms with Crippen LogP contribution in [0.4, 0.5) is 17.1 Å². The average Bonchev–Trinajstić information content (AvgIpc) is 3.65. The number of carbonyl (C=O) groups excluding carboxylic acids is 8. The third-order valence-corrected chi connectivity index (χ3v) is 13.6. The fourth-order valence-electron chi connectivity index (χ4n) is 8.51. The average molecular weight is 1230 g/mol. The number of non-ortho nitro benzene ring substituents is 1. The highest BCUT2D eigenvalue weighted by molar-refractivity contribution is 5.92. The van der Waals surface area contributed by atoms with Crippen molar-refractivity contribution in [3.63, 3.8) is 0 Å². The van der Waals surface area contributed by atoms with Crippen LogP contribution in [0.3, 0.4) is 0 Å². The summed E-state index contributed by atoms with van der Waals surface area (Å²) in [6, 6.07) is -0.290. The zero-order valence-electron chi connectivity index (χ0n) is 48.9. The lowest BCUT2D eigenvalue weighted by atomic mass is 9.95. The lowest BCUT2D eigenvalue weighted by molar-refractivity contribution is -0.393. The Morgan fingerprint density at radius 2 is 1.41 bits per heavy atom. The van der Waals surface area contributed by atoms with E-state index in [1.165, 1.54) is 10.9 Å². The van der Waals surface area contributed by atoms with Gasteiger partial charge in [0.15, 0.2) is 24.8 Å². The highest BCUT2D eigenvalue weighted by Gasteiger charge is 2.52. The second-order valence-corrected chi connectivity index (χ2v) is 20.4. The van der Waals surface area contributed by atoms with Crippen molar-refractivity contribution < 1.29 is 107 Å². The molecule has 0 saturated carbocycles. The minimum absolute atomic E-state index is 0.00480. The number of ketones is 1. The van der Waals surface area contributed by atoms with Gasteiger partial charge in [0, 0.05) is 31.9 Å². The van der Waals surface area contributed by atoms with Crippen molar-refractivity contribution in [1.82, 2.24) is 30.9 Å². The van der Waals surface area contributed by atoms with E-state index in [4.69, 9.17) is 37.9 Å². The van der Waals surface area contributed by atoms with Crippen LogP contribution in [0.15, 0.2) is 24.4 Å². The van der Waals surface area contributed by atoms with Crippen molar-refractivity contribution in [2.24, 2.45) is 5.92 Å². The molecule has 3 heterocycles. The van der Waals surface area contributed by atoms with Gasteiger partial charge in [-0.15, -0.1) is 5.10 Å². The van der Waals surface area contributed by atoms with Crippen LogP contribution in [0.1, 0.15) is 118 Å². The number of benzene rings is 1. The summed E-state index contributed by atoms with van der Waals surface area (Å²) in [5.41, 5.74) is -0.833. The Hall–Kier alpha value is -7.40. The molecule has 33 nitrogen and oxygen atoms in total. The summed E-state index contributed by atoms with van der Waals surface area (Å²) in [7, 11) is 0. The van der Waals surface area contributed by atoms with Gasteiger partial charge in [-0.25, -0.2) is 4.68 Å². The molecule has 3 amide bonds.